The summed E-state index contributed by atoms with van der Waals surface area (Å²) in [6.45, 7) is 3.55. The van der Waals surface area contributed by atoms with Crippen molar-refractivity contribution >= 4 is 5.90 Å². The molecular formula is C8H15NO3. The Bertz CT molecular complexity index is 150. The lowest BCUT2D eigenvalue weighted by atomic mass is 10.1. The molecule has 2 N–H and O–H groups in total. The maximum atomic E-state index is 9.29. The van der Waals surface area contributed by atoms with E-state index >= 15 is 0 Å². The van der Waals surface area contributed by atoms with Gasteiger partial charge in [0.15, 0.2) is 5.90 Å². The average molecular weight is 173 g/mol. The molecule has 70 valence electrons. The zero-order valence-corrected chi connectivity index (χ0v) is 7.46. The van der Waals surface area contributed by atoms with Crippen molar-refractivity contribution in [2.75, 3.05) is 14.2 Å². The summed E-state index contributed by atoms with van der Waals surface area (Å²) in [4.78, 5) is 0. The molecule has 0 aliphatic carbocycles. The van der Waals surface area contributed by atoms with Crippen molar-refractivity contribution in [3.63, 3.8) is 0 Å². The van der Waals surface area contributed by atoms with Crippen LogP contribution in [-0.2, 0) is 9.47 Å². The van der Waals surface area contributed by atoms with Gasteiger partial charge >= 0.3 is 0 Å². The van der Waals surface area contributed by atoms with E-state index in [9.17, 15) is 5.11 Å². The summed E-state index contributed by atoms with van der Waals surface area (Å²) < 4.78 is 9.36. The van der Waals surface area contributed by atoms with Crippen LogP contribution in [0.25, 0.3) is 0 Å². The molecule has 4 heteroatoms. The molecule has 0 spiro atoms. The molecule has 0 aliphatic rings. The third-order valence-corrected chi connectivity index (χ3v) is 1.42. The molecule has 0 rings (SSSR count). The molecule has 0 saturated carbocycles. The van der Waals surface area contributed by atoms with Crippen LogP contribution < -0.4 is 0 Å². The Kier molecular flexibility index (Phi) is 5.12. The Morgan fingerprint density at radius 2 is 2.00 bits per heavy atom. The lowest BCUT2D eigenvalue weighted by molar-refractivity contribution is 0.148. The average Bonchev–Trinajstić information content (AvgIpc) is 2.03. The quantitative estimate of drug-likeness (QED) is 0.369. The zero-order valence-electron chi connectivity index (χ0n) is 7.46. The van der Waals surface area contributed by atoms with Crippen LogP contribution in [0.1, 0.15) is 12.8 Å². The monoisotopic (exact) mass is 173 g/mol. The topological polar surface area (TPSA) is 62.5 Å². The molecule has 0 aromatic carbocycles. The predicted octanol–water partition coefficient (Wildman–Crippen LogP) is 0.911. The Morgan fingerprint density at radius 1 is 1.42 bits per heavy atom. The van der Waals surface area contributed by atoms with Gasteiger partial charge in [0.2, 0.25) is 0 Å². The number of methoxy groups -OCH3 is 2. The second-order valence-electron chi connectivity index (χ2n) is 2.43. The highest BCUT2D eigenvalue weighted by Gasteiger charge is 2.09. The van der Waals surface area contributed by atoms with Crippen molar-refractivity contribution in [2.45, 2.75) is 18.9 Å². The number of rotatable bonds is 5. The molecule has 12 heavy (non-hydrogen) atoms. The maximum absolute atomic E-state index is 9.29. The summed E-state index contributed by atoms with van der Waals surface area (Å²) in [5.74, 6) is 0.567. The van der Waals surface area contributed by atoms with Crippen molar-refractivity contribution in [3.8, 4) is 0 Å². The first-order valence-electron chi connectivity index (χ1n) is 3.61. The third kappa shape index (κ3) is 4.73. The van der Waals surface area contributed by atoms with E-state index in [2.05, 4.69) is 11.3 Å². The molecule has 0 saturated heterocycles. The van der Waals surface area contributed by atoms with E-state index in [1.54, 1.807) is 0 Å². The number of aliphatic hydroxyl groups excluding tert-OH is 1. The molecule has 0 aromatic heterocycles. The molecule has 1 unspecified atom stereocenters. The molecule has 0 amide bonds. The Labute approximate surface area is 72.3 Å². The lowest BCUT2D eigenvalue weighted by Gasteiger charge is -2.11. The summed E-state index contributed by atoms with van der Waals surface area (Å²) in [5.41, 5.74) is 0. The summed E-state index contributed by atoms with van der Waals surface area (Å²) in [6.07, 6.45) is -0.119. The summed E-state index contributed by atoms with van der Waals surface area (Å²) in [7, 11) is 2.90. The molecular weight excluding hydrogens is 158 g/mol. The van der Waals surface area contributed by atoms with Crippen LogP contribution in [0.2, 0.25) is 0 Å². The van der Waals surface area contributed by atoms with E-state index < -0.39 is 6.10 Å². The standard InChI is InChI=1S/C8H15NO3/c1-6(11-2)4-7(10)5-8(9)12-3/h7,9-10H,1,4-5H2,2-3H3. The molecule has 4 nitrogen and oxygen atoms in total. The smallest absolute Gasteiger partial charge is 0.182 e. The predicted molar refractivity (Wildman–Crippen MR) is 46.1 cm³/mol. The van der Waals surface area contributed by atoms with Crippen molar-refractivity contribution in [1.29, 1.82) is 5.41 Å². The molecule has 0 bridgehead atoms. The fourth-order valence-corrected chi connectivity index (χ4v) is 0.716. The highest BCUT2D eigenvalue weighted by Crippen LogP contribution is 2.07. The molecule has 0 fully saturated rings. The van der Waals surface area contributed by atoms with Gasteiger partial charge in [0.25, 0.3) is 0 Å². The number of nitrogens with one attached hydrogen (secondary N) is 1. The van der Waals surface area contributed by atoms with Gasteiger partial charge in [-0.1, -0.05) is 6.58 Å². The Balaban J connectivity index is 3.66. The third-order valence-electron chi connectivity index (χ3n) is 1.42. The van der Waals surface area contributed by atoms with Crippen LogP contribution in [0.4, 0.5) is 0 Å². The van der Waals surface area contributed by atoms with Crippen LogP contribution in [0.5, 0.6) is 0 Å². The van der Waals surface area contributed by atoms with Gasteiger partial charge in [0, 0.05) is 12.8 Å². The van der Waals surface area contributed by atoms with Crippen LogP contribution in [0, 0.1) is 5.41 Å². The van der Waals surface area contributed by atoms with E-state index in [1.807, 2.05) is 0 Å². The van der Waals surface area contributed by atoms with Gasteiger partial charge in [-0.2, -0.15) is 0 Å². The number of hydrogen-bond acceptors (Lipinski definition) is 4. The zero-order chi connectivity index (χ0) is 9.56. The minimum Gasteiger partial charge on any atom is -0.502 e. The van der Waals surface area contributed by atoms with Gasteiger partial charge in [-0.05, 0) is 0 Å². The van der Waals surface area contributed by atoms with Crippen LogP contribution >= 0.6 is 0 Å². The second-order valence-corrected chi connectivity index (χ2v) is 2.43. The van der Waals surface area contributed by atoms with Crippen LogP contribution in [-0.4, -0.2) is 31.3 Å². The summed E-state index contributed by atoms with van der Waals surface area (Å²) >= 11 is 0. The highest BCUT2D eigenvalue weighted by molar-refractivity contribution is 5.72. The first-order valence-corrected chi connectivity index (χ1v) is 3.61. The highest BCUT2D eigenvalue weighted by atomic mass is 16.5. The van der Waals surface area contributed by atoms with Gasteiger partial charge < -0.3 is 14.6 Å². The number of hydrogen-bond donors (Lipinski definition) is 2. The Morgan fingerprint density at radius 3 is 2.42 bits per heavy atom. The van der Waals surface area contributed by atoms with Crippen LogP contribution in [0.3, 0.4) is 0 Å². The van der Waals surface area contributed by atoms with Crippen molar-refractivity contribution < 1.29 is 14.6 Å². The second kappa shape index (κ2) is 5.60. The summed E-state index contributed by atoms with van der Waals surface area (Å²) in [6, 6.07) is 0. The normalized spacial score (nSPS) is 11.9. The maximum Gasteiger partial charge on any atom is 0.182 e. The van der Waals surface area contributed by atoms with Crippen molar-refractivity contribution in [3.05, 3.63) is 12.3 Å². The van der Waals surface area contributed by atoms with Gasteiger partial charge in [0.05, 0.1) is 26.1 Å². The van der Waals surface area contributed by atoms with E-state index in [4.69, 9.17) is 10.1 Å². The molecule has 1 atom stereocenters. The molecule has 0 heterocycles. The van der Waals surface area contributed by atoms with E-state index in [0.29, 0.717) is 12.2 Å². The largest absolute Gasteiger partial charge is 0.502 e. The van der Waals surface area contributed by atoms with Gasteiger partial charge in [-0.3, -0.25) is 5.41 Å². The fourth-order valence-electron chi connectivity index (χ4n) is 0.716. The molecule has 0 aromatic rings. The SMILES string of the molecule is C=C(CC(O)CC(=N)OC)OC. The van der Waals surface area contributed by atoms with E-state index in [1.165, 1.54) is 14.2 Å². The lowest BCUT2D eigenvalue weighted by Crippen LogP contribution is -2.14. The summed E-state index contributed by atoms with van der Waals surface area (Å²) in [5, 5.41) is 16.4. The first-order chi connectivity index (χ1) is 5.60. The Hall–Kier alpha value is -1.03. The van der Waals surface area contributed by atoms with Gasteiger partial charge in [-0.25, -0.2) is 0 Å². The van der Waals surface area contributed by atoms with Crippen molar-refractivity contribution in [2.24, 2.45) is 0 Å². The first kappa shape index (κ1) is 11.0. The van der Waals surface area contributed by atoms with E-state index in [-0.39, 0.29) is 12.3 Å². The minimum atomic E-state index is -0.648. The van der Waals surface area contributed by atoms with E-state index in [0.717, 1.165) is 0 Å². The molecule has 0 aliphatic heterocycles. The van der Waals surface area contributed by atoms with Gasteiger partial charge in [0.1, 0.15) is 0 Å². The molecule has 0 radical (unpaired) electrons. The number of aliphatic hydroxyl groups is 1. The number of ether oxygens (including phenoxy) is 2. The van der Waals surface area contributed by atoms with Gasteiger partial charge in [-0.15, -0.1) is 0 Å². The fraction of sp³-hybridized carbons (Fsp3) is 0.625. The van der Waals surface area contributed by atoms with Crippen molar-refractivity contribution in [1.82, 2.24) is 0 Å². The minimum absolute atomic E-state index is 0.0615. The van der Waals surface area contributed by atoms with Crippen LogP contribution in [0.15, 0.2) is 12.3 Å².